The van der Waals surface area contributed by atoms with Crippen LogP contribution in [0.5, 0.6) is 0 Å². The Bertz CT molecular complexity index is 985. The molecular weight excluding hydrogens is 410 g/mol. The largest absolute Gasteiger partial charge is 0.473 e. The molecule has 0 saturated carbocycles. The highest BCUT2D eigenvalue weighted by Gasteiger charge is 2.75. The fourth-order valence-electron chi connectivity index (χ4n) is 6.40. The summed E-state index contributed by atoms with van der Waals surface area (Å²) in [5.74, 6) is 0. The molecule has 6 rings (SSSR count). The van der Waals surface area contributed by atoms with Gasteiger partial charge in [-0.3, -0.25) is 0 Å². The third-order valence-electron chi connectivity index (χ3n) is 9.65. The second kappa shape index (κ2) is 6.15. The zero-order valence-corrected chi connectivity index (χ0v) is 21.1. The lowest BCUT2D eigenvalue weighted by molar-refractivity contribution is 0.00578. The van der Waals surface area contributed by atoms with Crippen LogP contribution in [-0.4, -0.2) is 36.6 Å². The Morgan fingerprint density at radius 1 is 0.485 bits per heavy atom. The van der Waals surface area contributed by atoms with Crippen molar-refractivity contribution in [3.8, 4) is 0 Å². The highest BCUT2D eigenvalue weighted by Crippen LogP contribution is 2.68. The van der Waals surface area contributed by atoms with Crippen molar-refractivity contribution in [2.24, 2.45) is 0 Å². The van der Waals surface area contributed by atoms with Gasteiger partial charge in [0.1, 0.15) is 0 Å². The summed E-state index contributed by atoms with van der Waals surface area (Å²) in [6.07, 6.45) is 0.812. The first-order valence-corrected chi connectivity index (χ1v) is 12.2. The van der Waals surface area contributed by atoms with Gasteiger partial charge in [-0.1, -0.05) is 48.5 Å². The normalized spacial score (nSPS) is 33.9. The van der Waals surface area contributed by atoms with Gasteiger partial charge in [-0.05, 0) is 84.1 Å². The summed E-state index contributed by atoms with van der Waals surface area (Å²) < 4.78 is 27.1. The first-order valence-electron chi connectivity index (χ1n) is 12.2. The standard InChI is InChI=1S/C27H34B2O4/c1-22(2)23(3,4)31-28(30-22)26-17-27(20-15-11-9-13-18(20)26,21-16-12-10-14-19(21)26)29-32-24(5,6)25(7,8)33-29/h9-16H,17H2,1-8H3. The molecule has 2 aliphatic carbocycles. The lowest BCUT2D eigenvalue weighted by Crippen LogP contribution is -2.45. The molecule has 4 aliphatic rings. The second-order valence-corrected chi connectivity index (χ2v) is 12.4. The molecule has 4 nitrogen and oxygen atoms in total. The topological polar surface area (TPSA) is 36.9 Å². The molecule has 0 atom stereocenters. The lowest BCUT2D eigenvalue weighted by atomic mass is 9.52. The van der Waals surface area contributed by atoms with Crippen LogP contribution in [0.25, 0.3) is 0 Å². The van der Waals surface area contributed by atoms with Crippen LogP contribution in [-0.2, 0) is 29.2 Å². The van der Waals surface area contributed by atoms with Gasteiger partial charge in [-0.15, -0.1) is 0 Å². The minimum atomic E-state index is -0.415. The molecule has 0 radical (unpaired) electrons. The Hall–Kier alpha value is -1.59. The molecule has 0 spiro atoms. The van der Waals surface area contributed by atoms with Crippen LogP contribution in [0, 0.1) is 0 Å². The molecule has 0 N–H and O–H groups in total. The van der Waals surface area contributed by atoms with Gasteiger partial charge in [0.15, 0.2) is 0 Å². The van der Waals surface area contributed by atoms with Crippen LogP contribution in [0.15, 0.2) is 48.5 Å². The molecule has 0 unspecified atom stereocenters. The number of hydrogen-bond donors (Lipinski definition) is 0. The summed E-state index contributed by atoms with van der Waals surface area (Å²) in [6, 6.07) is 17.5. The average molecular weight is 444 g/mol. The van der Waals surface area contributed by atoms with E-state index >= 15 is 0 Å². The summed E-state index contributed by atoms with van der Waals surface area (Å²) in [7, 11) is -0.784. The van der Waals surface area contributed by atoms with Gasteiger partial charge in [0.2, 0.25) is 0 Å². The van der Waals surface area contributed by atoms with Crippen LogP contribution in [0.3, 0.4) is 0 Å². The van der Waals surface area contributed by atoms with E-state index in [1.807, 2.05) is 0 Å². The van der Waals surface area contributed by atoms with Crippen LogP contribution in [0.4, 0.5) is 0 Å². The molecular formula is C27H34B2O4. The predicted molar refractivity (Wildman–Crippen MR) is 131 cm³/mol. The maximum absolute atomic E-state index is 6.77. The van der Waals surface area contributed by atoms with Gasteiger partial charge >= 0.3 is 14.2 Å². The Labute approximate surface area is 198 Å². The molecule has 0 amide bonds. The van der Waals surface area contributed by atoms with Crippen molar-refractivity contribution < 1.29 is 18.6 Å². The smallest absolute Gasteiger partial charge is 0.402 e. The van der Waals surface area contributed by atoms with E-state index in [-0.39, 0.29) is 0 Å². The quantitative estimate of drug-likeness (QED) is 0.594. The Kier molecular flexibility index (Phi) is 4.08. The van der Waals surface area contributed by atoms with E-state index in [0.717, 1.165) is 6.42 Å². The van der Waals surface area contributed by atoms with Gasteiger partial charge in [-0.2, -0.15) is 0 Å². The van der Waals surface area contributed by atoms with Crippen LogP contribution in [0.2, 0.25) is 0 Å². The predicted octanol–water partition coefficient (Wildman–Crippen LogP) is 5.24. The van der Waals surface area contributed by atoms with Crippen molar-refractivity contribution >= 4 is 14.2 Å². The molecule has 2 heterocycles. The van der Waals surface area contributed by atoms with Gasteiger partial charge in [0.05, 0.1) is 33.0 Å². The maximum Gasteiger partial charge on any atom is 0.473 e. The minimum absolute atomic E-state index is 0.392. The third kappa shape index (κ3) is 2.43. The van der Waals surface area contributed by atoms with E-state index in [4.69, 9.17) is 18.6 Å². The molecule has 2 fully saturated rings. The van der Waals surface area contributed by atoms with Gasteiger partial charge in [0, 0.05) is 0 Å². The minimum Gasteiger partial charge on any atom is -0.402 e. The lowest BCUT2D eigenvalue weighted by Gasteiger charge is -2.35. The second-order valence-electron chi connectivity index (χ2n) is 12.4. The van der Waals surface area contributed by atoms with Gasteiger partial charge < -0.3 is 18.6 Å². The zero-order valence-electron chi connectivity index (χ0n) is 21.1. The number of benzene rings is 2. The molecule has 2 saturated heterocycles. The van der Waals surface area contributed by atoms with Gasteiger partial charge in [0.25, 0.3) is 0 Å². The first kappa shape index (κ1) is 21.9. The molecule has 2 aromatic carbocycles. The van der Waals surface area contributed by atoms with E-state index in [1.165, 1.54) is 22.3 Å². The third-order valence-corrected chi connectivity index (χ3v) is 9.65. The summed E-state index contributed by atoms with van der Waals surface area (Å²) in [6.45, 7) is 17.1. The fourth-order valence-corrected chi connectivity index (χ4v) is 6.40. The van der Waals surface area contributed by atoms with E-state index < -0.39 is 47.3 Å². The highest BCUT2D eigenvalue weighted by atomic mass is 16.7. The van der Waals surface area contributed by atoms with Crippen molar-refractivity contribution in [3.63, 3.8) is 0 Å². The average Bonchev–Trinajstić information content (AvgIpc) is 3.36. The van der Waals surface area contributed by atoms with Crippen LogP contribution in [0.1, 0.15) is 84.1 Å². The Balaban J connectivity index is 1.60. The summed E-state index contributed by atoms with van der Waals surface area (Å²) in [4.78, 5) is 0. The summed E-state index contributed by atoms with van der Waals surface area (Å²) in [5.41, 5.74) is 3.47. The summed E-state index contributed by atoms with van der Waals surface area (Å²) >= 11 is 0. The van der Waals surface area contributed by atoms with Gasteiger partial charge in [-0.25, -0.2) is 0 Å². The monoisotopic (exact) mass is 444 g/mol. The number of fused-ring (bicyclic) bond motifs is 8. The highest BCUT2D eigenvalue weighted by molar-refractivity contribution is 6.56. The Morgan fingerprint density at radius 3 is 0.970 bits per heavy atom. The molecule has 6 heteroatoms. The van der Waals surface area contributed by atoms with Crippen molar-refractivity contribution in [3.05, 3.63) is 70.8 Å². The zero-order chi connectivity index (χ0) is 23.7. The molecule has 2 aliphatic heterocycles. The van der Waals surface area contributed by atoms with Crippen LogP contribution < -0.4 is 0 Å². The van der Waals surface area contributed by atoms with E-state index in [0.29, 0.717) is 0 Å². The molecule has 2 bridgehead atoms. The number of hydrogen-bond acceptors (Lipinski definition) is 4. The SMILES string of the molecule is CC1(C)OB(C23CC(B4OC(C)(C)C(C)(C)O4)(c4ccccc42)c2ccccc23)OC1(C)C. The molecule has 172 valence electrons. The van der Waals surface area contributed by atoms with Crippen molar-refractivity contribution in [2.75, 3.05) is 0 Å². The van der Waals surface area contributed by atoms with E-state index in [9.17, 15) is 0 Å². The van der Waals surface area contributed by atoms with Crippen molar-refractivity contribution in [2.45, 2.75) is 94.8 Å². The maximum atomic E-state index is 6.77. The molecule has 33 heavy (non-hydrogen) atoms. The van der Waals surface area contributed by atoms with Crippen molar-refractivity contribution in [1.82, 2.24) is 0 Å². The van der Waals surface area contributed by atoms with Crippen LogP contribution >= 0.6 is 0 Å². The molecule has 0 aromatic heterocycles. The van der Waals surface area contributed by atoms with Crippen molar-refractivity contribution in [1.29, 1.82) is 0 Å². The number of rotatable bonds is 2. The Morgan fingerprint density at radius 2 is 0.727 bits per heavy atom. The van der Waals surface area contributed by atoms with E-state index in [1.54, 1.807) is 0 Å². The summed E-state index contributed by atoms with van der Waals surface area (Å²) in [5, 5.41) is -0.830. The fraction of sp³-hybridized carbons (Fsp3) is 0.556. The van der Waals surface area contributed by atoms with E-state index in [2.05, 4.69) is 104 Å². The molecule has 2 aromatic rings. The first-order chi connectivity index (χ1) is 15.3.